The highest BCUT2D eigenvalue weighted by Gasteiger charge is 2.39. The summed E-state index contributed by atoms with van der Waals surface area (Å²) in [7, 11) is -3.70. The summed E-state index contributed by atoms with van der Waals surface area (Å²) in [6, 6.07) is 2.55. The van der Waals surface area contributed by atoms with Gasteiger partial charge in [0.15, 0.2) is 0 Å². The molecule has 2 rings (SSSR count). The van der Waals surface area contributed by atoms with E-state index in [2.05, 4.69) is 0 Å². The molecule has 0 spiro atoms. The number of halogens is 1. The van der Waals surface area contributed by atoms with Crippen molar-refractivity contribution in [3.8, 4) is 0 Å². The molecular formula is C14H21FN2O2S. The molecule has 0 atom stereocenters. The fourth-order valence-electron chi connectivity index (χ4n) is 2.23. The van der Waals surface area contributed by atoms with E-state index in [9.17, 15) is 12.8 Å². The van der Waals surface area contributed by atoms with E-state index in [-0.39, 0.29) is 28.1 Å². The largest absolute Gasteiger partial charge is 0.399 e. The van der Waals surface area contributed by atoms with Gasteiger partial charge >= 0.3 is 0 Å². The standard InChI is InChI=1S/C14H21FN2O2S/c1-9(2)8-17(12-4-5-12)20(18,19)14-7-11(16)6-13(15)10(14)3/h6-7,9,12H,4-5,8,16H2,1-3H3. The van der Waals surface area contributed by atoms with Crippen LogP contribution in [0.2, 0.25) is 0 Å². The Labute approximate surface area is 119 Å². The Morgan fingerprint density at radius 3 is 2.50 bits per heavy atom. The monoisotopic (exact) mass is 300 g/mol. The maximum Gasteiger partial charge on any atom is 0.243 e. The van der Waals surface area contributed by atoms with Crippen molar-refractivity contribution in [2.24, 2.45) is 5.92 Å². The van der Waals surface area contributed by atoms with Crippen molar-refractivity contribution in [2.45, 2.75) is 44.6 Å². The summed E-state index contributed by atoms with van der Waals surface area (Å²) in [4.78, 5) is -0.0115. The molecule has 20 heavy (non-hydrogen) atoms. The molecule has 0 unspecified atom stereocenters. The van der Waals surface area contributed by atoms with Crippen LogP contribution < -0.4 is 5.73 Å². The van der Waals surface area contributed by atoms with E-state index in [0.717, 1.165) is 18.9 Å². The number of nitrogens with zero attached hydrogens (tertiary/aromatic N) is 1. The van der Waals surface area contributed by atoms with Gasteiger partial charge in [-0.2, -0.15) is 4.31 Å². The van der Waals surface area contributed by atoms with Crippen molar-refractivity contribution in [2.75, 3.05) is 12.3 Å². The van der Waals surface area contributed by atoms with Gasteiger partial charge in [-0.1, -0.05) is 13.8 Å². The third-order valence-electron chi connectivity index (χ3n) is 3.40. The highest BCUT2D eigenvalue weighted by molar-refractivity contribution is 7.89. The van der Waals surface area contributed by atoms with E-state index in [4.69, 9.17) is 5.73 Å². The lowest BCUT2D eigenvalue weighted by Gasteiger charge is -2.24. The summed E-state index contributed by atoms with van der Waals surface area (Å²) in [6.45, 7) is 5.86. The van der Waals surface area contributed by atoms with E-state index in [0.29, 0.717) is 6.54 Å². The average Bonchev–Trinajstić information content (AvgIpc) is 3.14. The minimum atomic E-state index is -3.70. The van der Waals surface area contributed by atoms with E-state index < -0.39 is 15.8 Å². The topological polar surface area (TPSA) is 63.4 Å². The van der Waals surface area contributed by atoms with Crippen molar-refractivity contribution >= 4 is 15.7 Å². The highest BCUT2D eigenvalue weighted by Crippen LogP contribution is 2.34. The van der Waals surface area contributed by atoms with Crippen molar-refractivity contribution in [3.63, 3.8) is 0 Å². The number of hydrogen-bond acceptors (Lipinski definition) is 3. The van der Waals surface area contributed by atoms with Crippen LogP contribution in [-0.4, -0.2) is 25.3 Å². The number of anilines is 1. The smallest absolute Gasteiger partial charge is 0.243 e. The summed E-state index contributed by atoms with van der Waals surface area (Å²) in [5, 5.41) is 0. The van der Waals surface area contributed by atoms with Gasteiger partial charge in [0, 0.05) is 23.8 Å². The molecule has 1 fully saturated rings. The molecule has 0 bridgehead atoms. The average molecular weight is 300 g/mol. The first-order valence-electron chi connectivity index (χ1n) is 6.81. The van der Waals surface area contributed by atoms with Gasteiger partial charge < -0.3 is 5.73 Å². The number of rotatable bonds is 5. The molecule has 1 aliphatic carbocycles. The summed E-state index contributed by atoms with van der Waals surface area (Å²) in [6.07, 6.45) is 1.74. The first-order valence-corrected chi connectivity index (χ1v) is 8.25. The lowest BCUT2D eigenvalue weighted by atomic mass is 10.2. The third-order valence-corrected chi connectivity index (χ3v) is 5.45. The maximum atomic E-state index is 13.8. The van der Waals surface area contributed by atoms with Crippen molar-refractivity contribution in [1.29, 1.82) is 0 Å². The summed E-state index contributed by atoms with van der Waals surface area (Å²) >= 11 is 0. The van der Waals surface area contributed by atoms with Crippen LogP contribution in [0.25, 0.3) is 0 Å². The highest BCUT2D eigenvalue weighted by atomic mass is 32.2. The van der Waals surface area contributed by atoms with Gasteiger partial charge in [0.05, 0.1) is 4.90 Å². The zero-order valence-corrected chi connectivity index (χ0v) is 12.9. The molecule has 1 aromatic rings. The number of sulfonamides is 1. The van der Waals surface area contributed by atoms with Crippen molar-refractivity contribution < 1.29 is 12.8 Å². The van der Waals surface area contributed by atoms with Crippen LogP contribution in [0.3, 0.4) is 0 Å². The molecule has 0 saturated heterocycles. The van der Waals surface area contributed by atoms with Gasteiger partial charge in [0.25, 0.3) is 0 Å². The number of nitrogens with two attached hydrogens (primary N) is 1. The van der Waals surface area contributed by atoms with Gasteiger partial charge in [-0.15, -0.1) is 0 Å². The van der Waals surface area contributed by atoms with E-state index >= 15 is 0 Å². The van der Waals surface area contributed by atoms with E-state index in [1.807, 2.05) is 13.8 Å². The number of nitrogen functional groups attached to an aromatic ring is 1. The SMILES string of the molecule is Cc1c(F)cc(N)cc1S(=O)(=O)N(CC(C)C)C1CC1. The van der Waals surface area contributed by atoms with Gasteiger partial charge in [0.1, 0.15) is 5.82 Å². The van der Waals surface area contributed by atoms with Crippen LogP contribution >= 0.6 is 0 Å². The Morgan fingerprint density at radius 2 is 2.00 bits per heavy atom. The second kappa shape index (κ2) is 5.33. The molecule has 0 aromatic heterocycles. The molecule has 4 nitrogen and oxygen atoms in total. The molecule has 112 valence electrons. The van der Waals surface area contributed by atoms with Crippen LogP contribution in [0.1, 0.15) is 32.3 Å². The fraction of sp³-hybridized carbons (Fsp3) is 0.571. The summed E-state index contributed by atoms with van der Waals surface area (Å²) in [5.41, 5.74) is 5.86. The Balaban J connectivity index is 2.48. The van der Waals surface area contributed by atoms with Crippen LogP contribution in [0, 0.1) is 18.7 Å². The normalized spacial score (nSPS) is 16.1. The molecule has 6 heteroatoms. The molecule has 0 amide bonds. The third kappa shape index (κ3) is 2.96. The van der Waals surface area contributed by atoms with E-state index in [1.54, 1.807) is 0 Å². The fourth-order valence-corrected chi connectivity index (χ4v) is 4.35. The Hall–Kier alpha value is -1.14. The number of hydrogen-bond donors (Lipinski definition) is 1. The minimum Gasteiger partial charge on any atom is -0.399 e. The molecular weight excluding hydrogens is 279 g/mol. The van der Waals surface area contributed by atoms with Crippen LogP contribution in [0.4, 0.5) is 10.1 Å². The van der Waals surface area contributed by atoms with Crippen LogP contribution in [0.15, 0.2) is 17.0 Å². The Bertz CT molecular complexity index is 610. The van der Waals surface area contributed by atoms with Crippen molar-refractivity contribution in [3.05, 3.63) is 23.5 Å². The second-order valence-electron chi connectivity index (χ2n) is 5.83. The summed E-state index contributed by atoms with van der Waals surface area (Å²) in [5.74, 6) is -0.361. The van der Waals surface area contributed by atoms with E-state index in [1.165, 1.54) is 17.3 Å². The predicted molar refractivity (Wildman–Crippen MR) is 77.3 cm³/mol. The molecule has 0 aliphatic heterocycles. The molecule has 0 radical (unpaired) electrons. The number of benzene rings is 1. The van der Waals surface area contributed by atoms with Gasteiger partial charge in [-0.05, 0) is 37.8 Å². The van der Waals surface area contributed by atoms with Crippen LogP contribution in [0.5, 0.6) is 0 Å². The lowest BCUT2D eigenvalue weighted by molar-refractivity contribution is 0.359. The first-order chi connectivity index (χ1) is 9.23. The molecule has 0 heterocycles. The van der Waals surface area contributed by atoms with Crippen LogP contribution in [-0.2, 0) is 10.0 Å². The Kier molecular flexibility index (Phi) is 4.07. The van der Waals surface area contributed by atoms with Gasteiger partial charge in [-0.3, -0.25) is 0 Å². The molecule has 1 aliphatic rings. The second-order valence-corrected chi connectivity index (χ2v) is 7.68. The zero-order chi connectivity index (χ0) is 15.1. The molecule has 1 aromatic carbocycles. The minimum absolute atomic E-state index is 0.0115. The van der Waals surface area contributed by atoms with Gasteiger partial charge in [0.2, 0.25) is 10.0 Å². The van der Waals surface area contributed by atoms with Gasteiger partial charge in [-0.25, -0.2) is 12.8 Å². The molecule has 2 N–H and O–H groups in total. The van der Waals surface area contributed by atoms with Crippen molar-refractivity contribution in [1.82, 2.24) is 4.31 Å². The molecule has 1 saturated carbocycles. The first kappa shape index (κ1) is 15.3. The lowest BCUT2D eigenvalue weighted by Crippen LogP contribution is -2.36. The quantitative estimate of drug-likeness (QED) is 0.850. The Morgan fingerprint density at radius 1 is 1.40 bits per heavy atom. The predicted octanol–water partition coefficient (Wildman–Crippen LogP) is 2.53. The summed E-state index contributed by atoms with van der Waals surface area (Å²) < 4.78 is 40.8. The maximum absolute atomic E-state index is 13.8. The zero-order valence-electron chi connectivity index (χ0n) is 12.1.